The Balaban J connectivity index is 2.27. The van der Waals surface area contributed by atoms with Gasteiger partial charge in [-0.3, -0.25) is 9.59 Å². The van der Waals surface area contributed by atoms with E-state index in [9.17, 15) is 19.2 Å². The summed E-state index contributed by atoms with van der Waals surface area (Å²) in [6.45, 7) is 5.34. The molecule has 0 radical (unpaired) electrons. The summed E-state index contributed by atoms with van der Waals surface area (Å²) in [6, 6.07) is 10.4. The van der Waals surface area contributed by atoms with Crippen molar-refractivity contribution in [3.8, 4) is 0 Å². The number of halogens is 2. The van der Waals surface area contributed by atoms with Gasteiger partial charge in [-0.25, -0.2) is 9.59 Å². The van der Waals surface area contributed by atoms with E-state index in [1.165, 1.54) is 29.2 Å². The number of amides is 1. The van der Waals surface area contributed by atoms with Crippen molar-refractivity contribution in [2.45, 2.75) is 52.2 Å². The number of ketones is 1. The van der Waals surface area contributed by atoms with Gasteiger partial charge in [0, 0.05) is 5.69 Å². The van der Waals surface area contributed by atoms with Crippen molar-refractivity contribution in [2.75, 3.05) is 4.90 Å². The number of benzene rings is 2. The van der Waals surface area contributed by atoms with Gasteiger partial charge in [-0.2, -0.15) is 0 Å². The van der Waals surface area contributed by atoms with Crippen molar-refractivity contribution in [1.29, 1.82) is 0 Å². The maximum atomic E-state index is 13.0. The molecule has 0 aliphatic carbocycles. The topological polar surface area (TPSA) is 101 Å². The lowest BCUT2D eigenvalue weighted by Crippen LogP contribution is -2.36. The molecule has 0 spiro atoms. The second kappa shape index (κ2) is 11.3. The number of aromatic carboxylic acids is 1. The first-order valence-electron chi connectivity index (χ1n) is 10.3. The quantitative estimate of drug-likeness (QED) is 0.273. The molecule has 2 rings (SSSR count). The fraction of sp³-hybridized carbons (Fsp3) is 0.333. The van der Waals surface area contributed by atoms with Crippen molar-refractivity contribution < 1.29 is 29.0 Å². The third kappa shape index (κ3) is 7.58. The Bertz CT molecular complexity index is 1050. The largest absolute Gasteiger partial charge is 0.478 e. The van der Waals surface area contributed by atoms with E-state index in [0.717, 1.165) is 6.42 Å². The highest BCUT2D eigenvalue weighted by Gasteiger charge is 2.29. The lowest BCUT2D eigenvalue weighted by molar-refractivity contribution is -0.164. The van der Waals surface area contributed by atoms with Gasteiger partial charge in [0.15, 0.2) is 0 Å². The molecule has 0 atom stereocenters. The highest BCUT2D eigenvalue weighted by atomic mass is 35.5. The number of carbonyl (C=O) groups excluding carboxylic acids is 3. The average Bonchev–Trinajstić information content (AvgIpc) is 2.74. The maximum absolute atomic E-state index is 13.0. The van der Waals surface area contributed by atoms with Crippen molar-refractivity contribution in [3.63, 3.8) is 0 Å². The van der Waals surface area contributed by atoms with Gasteiger partial charge in [-0.05, 0) is 62.2 Å². The van der Waals surface area contributed by atoms with E-state index >= 15 is 0 Å². The molecule has 0 aliphatic rings. The van der Waals surface area contributed by atoms with E-state index in [2.05, 4.69) is 0 Å². The number of hydrogen-bond acceptors (Lipinski definition) is 5. The molecule has 0 unspecified atom stereocenters. The number of carboxylic acid groups (broad SMARTS) is 1. The number of esters is 1. The first-order valence-corrected chi connectivity index (χ1v) is 11.0. The summed E-state index contributed by atoms with van der Waals surface area (Å²) in [5.41, 5.74) is 0.193. The molecule has 0 fully saturated rings. The van der Waals surface area contributed by atoms with Gasteiger partial charge >= 0.3 is 11.9 Å². The van der Waals surface area contributed by atoms with Crippen LogP contribution in [0.15, 0.2) is 42.5 Å². The molecule has 0 heterocycles. The molecule has 0 saturated carbocycles. The molecule has 1 N–H and O–H groups in total. The van der Waals surface area contributed by atoms with Crippen LogP contribution in [0.2, 0.25) is 10.0 Å². The summed E-state index contributed by atoms with van der Waals surface area (Å²) < 4.78 is 5.26. The molecule has 7 nitrogen and oxygen atoms in total. The zero-order valence-corrected chi connectivity index (χ0v) is 20.1. The molecule has 0 saturated heterocycles. The predicted molar refractivity (Wildman–Crippen MR) is 126 cm³/mol. The third-order valence-corrected chi connectivity index (χ3v) is 5.55. The number of carbonyl (C=O) groups is 4. The first kappa shape index (κ1) is 26.4. The summed E-state index contributed by atoms with van der Waals surface area (Å²) in [5.74, 6) is -3.81. The normalized spacial score (nSPS) is 11.1. The zero-order chi connectivity index (χ0) is 24.8. The van der Waals surface area contributed by atoms with Gasteiger partial charge in [-0.1, -0.05) is 42.6 Å². The highest BCUT2D eigenvalue weighted by molar-refractivity contribution is 6.42. The summed E-state index contributed by atoms with van der Waals surface area (Å²) >= 11 is 12.0. The summed E-state index contributed by atoms with van der Waals surface area (Å²) in [6.07, 6.45) is 0.625. The van der Waals surface area contributed by atoms with Crippen LogP contribution in [-0.4, -0.2) is 34.3 Å². The highest BCUT2D eigenvalue weighted by Crippen LogP contribution is 2.26. The zero-order valence-electron chi connectivity index (χ0n) is 18.6. The summed E-state index contributed by atoms with van der Waals surface area (Å²) in [4.78, 5) is 50.1. The summed E-state index contributed by atoms with van der Waals surface area (Å²) in [7, 11) is 0. The van der Waals surface area contributed by atoms with Crippen molar-refractivity contribution in [1.82, 2.24) is 0 Å². The fourth-order valence-corrected chi connectivity index (χ4v) is 3.51. The number of anilines is 1. The summed E-state index contributed by atoms with van der Waals surface area (Å²) in [5, 5.41) is 9.76. The molecule has 0 bridgehead atoms. The van der Waals surface area contributed by atoms with Crippen LogP contribution < -0.4 is 4.90 Å². The van der Waals surface area contributed by atoms with Gasteiger partial charge in [0.25, 0.3) is 0 Å². The Morgan fingerprint density at radius 2 is 1.64 bits per heavy atom. The molecular weight excluding hydrogens is 469 g/mol. The second-order valence-electron chi connectivity index (χ2n) is 8.08. The van der Waals surface area contributed by atoms with E-state index in [1.54, 1.807) is 32.0 Å². The Kier molecular flexibility index (Phi) is 9.02. The molecule has 2 aromatic rings. The van der Waals surface area contributed by atoms with E-state index in [-0.39, 0.29) is 12.1 Å². The number of ether oxygens (including phenoxy) is 1. The van der Waals surface area contributed by atoms with Crippen molar-refractivity contribution >= 4 is 52.5 Å². The van der Waals surface area contributed by atoms with E-state index < -0.39 is 35.7 Å². The van der Waals surface area contributed by atoms with Crippen LogP contribution in [0.4, 0.5) is 5.69 Å². The van der Waals surface area contributed by atoms with E-state index in [0.29, 0.717) is 27.7 Å². The number of carboxylic acids is 1. The number of hydrogen-bond donors (Lipinski definition) is 1. The van der Waals surface area contributed by atoms with Gasteiger partial charge in [-0.15, -0.1) is 0 Å². The van der Waals surface area contributed by atoms with Crippen LogP contribution in [0.3, 0.4) is 0 Å². The Morgan fingerprint density at radius 3 is 2.18 bits per heavy atom. The van der Waals surface area contributed by atoms with Crippen LogP contribution in [0.25, 0.3) is 0 Å². The molecule has 176 valence electrons. The van der Waals surface area contributed by atoms with Crippen LogP contribution in [0, 0.1) is 0 Å². The molecule has 2 aromatic carbocycles. The minimum atomic E-state index is -1.11. The Hall–Kier alpha value is -2.90. The molecule has 9 heteroatoms. The van der Waals surface area contributed by atoms with Crippen LogP contribution >= 0.6 is 23.2 Å². The van der Waals surface area contributed by atoms with Crippen LogP contribution in [0.1, 0.15) is 56.0 Å². The molecular formula is C24H25Cl2NO6. The van der Waals surface area contributed by atoms with Gasteiger partial charge in [0.05, 0.1) is 28.6 Å². The standard InChI is InChI=1S/C24H25Cl2NO6/c1-4-11-24(2,3)33-23(32)20(28)13-21(29)27(14-15-5-10-18(25)19(26)12-15)17-8-6-16(7-9-17)22(30)31/h5-10,12H,4,11,13-14H2,1-3H3,(H,30,31). The van der Waals surface area contributed by atoms with Crippen molar-refractivity contribution in [2.24, 2.45) is 0 Å². The predicted octanol–water partition coefficient (Wildman–Crippen LogP) is 5.31. The van der Waals surface area contributed by atoms with E-state index in [4.69, 9.17) is 33.0 Å². The molecule has 0 aromatic heterocycles. The molecule has 0 aliphatic heterocycles. The number of nitrogens with zero attached hydrogens (tertiary/aromatic N) is 1. The van der Waals surface area contributed by atoms with Gasteiger partial charge < -0.3 is 14.7 Å². The fourth-order valence-electron chi connectivity index (χ4n) is 3.19. The average molecular weight is 494 g/mol. The molecule has 1 amide bonds. The second-order valence-corrected chi connectivity index (χ2v) is 8.89. The van der Waals surface area contributed by atoms with Crippen LogP contribution in [0.5, 0.6) is 0 Å². The van der Waals surface area contributed by atoms with E-state index in [1.807, 2.05) is 6.92 Å². The lowest BCUT2D eigenvalue weighted by atomic mass is 10.0. The minimum absolute atomic E-state index is 0.0196. The van der Waals surface area contributed by atoms with Crippen molar-refractivity contribution in [3.05, 3.63) is 63.6 Å². The first-order chi connectivity index (χ1) is 15.4. The maximum Gasteiger partial charge on any atom is 0.375 e. The van der Waals surface area contributed by atoms with Gasteiger partial charge in [0.2, 0.25) is 11.7 Å². The molecule has 33 heavy (non-hydrogen) atoms. The third-order valence-electron chi connectivity index (χ3n) is 4.81. The monoisotopic (exact) mass is 493 g/mol. The Labute approximate surface area is 202 Å². The Morgan fingerprint density at radius 1 is 1.00 bits per heavy atom. The number of rotatable bonds is 10. The lowest BCUT2D eigenvalue weighted by Gasteiger charge is -2.25. The smallest absolute Gasteiger partial charge is 0.375 e. The number of Topliss-reactive ketones (excluding diaryl/α,β-unsaturated/α-hetero) is 1. The van der Waals surface area contributed by atoms with Crippen LogP contribution in [-0.2, 0) is 25.7 Å². The minimum Gasteiger partial charge on any atom is -0.478 e. The van der Waals surface area contributed by atoms with Gasteiger partial charge in [0.1, 0.15) is 5.60 Å². The SMILES string of the molecule is CCCC(C)(C)OC(=O)C(=O)CC(=O)N(Cc1ccc(Cl)c(Cl)c1)c1ccc(C(=O)O)cc1.